The minimum absolute atomic E-state index is 0.0474. The molecule has 1 amide bonds. The fourth-order valence-electron chi connectivity index (χ4n) is 3.40. The molecule has 0 aliphatic rings. The lowest BCUT2D eigenvalue weighted by atomic mass is 9.86. The summed E-state index contributed by atoms with van der Waals surface area (Å²) < 4.78 is 0. The van der Waals surface area contributed by atoms with Gasteiger partial charge < -0.3 is 10.6 Å². The van der Waals surface area contributed by atoms with Crippen LogP contribution in [-0.4, -0.2) is 28.8 Å². The molecule has 0 unspecified atom stereocenters. The van der Waals surface area contributed by atoms with E-state index in [-0.39, 0.29) is 22.8 Å². The number of rotatable bonds is 8. The van der Waals surface area contributed by atoms with Crippen molar-refractivity contribution >= 4 is 11.7 Å². The van der Waals surface area contributed by atoms with E-state index >= 15 is 0 Å². The van der Waals surface area contributed by atoms with Crippen LogP contribution < -0.4 is 10.6 Å². The van der Waals surface area contributed by atoms with Gasteiger partial charge in [0.1, 0.15) is 0 Å². The van der Waals surface area contributed by atoms with E-state index in [0.717, 1.165) is 6.42 Å². The van der Waals surface area contributed by atoms with Crippen LogP contribution in [0.2, 0.25) is 0 Å². The number of carbonyl (C=O) groups excluding carboxylic acids is 2. The van der Waals surface area contributed by atoms with Crippen molar-refractivity contribution in [2.45, 2.75) is 98.7 Å². The van der Waals surface area contributed by atoms with Crippen molar-refractivity contribution in [2.75, 3.05) is 0 Å². The van der Waals surface area contributed by atoms with Crippen LogP contribution in [0.5, 0.6) is 0 Å². The van der Waals surface area contributed by atoms with Gasteiger partial charge in [-0.2, -0.15) is 0 Å². The van der Waals surface area contributed by atoms with Gasteiger partial charge in [-0.1, -0.05) is 53.2 Å². The maximum Gasteiger partial charge on any atom is 0.251 e. The van der Waals surface area contributed by atoms with E-state index in [1.807, 2.05) is 20.8 Å². The number of hydrogen-bond donors (Lipinski definition) is 2. The Morgan fingerprint density at radius 2 is 1.48 bits per heavy atom. The van der Waals surface area contributed by atoms with Gasteiger partial charge in [-0.05, 0) is 46.2 Å². The van der Waals surface area contributed by atoms with Crippen LogP contribution >= 0.6 is 0 Å². The van der Waals surface area contributed by atoms with Crippen LogP contribution in [0.15, 0.2) is 24.3 Å². The lowest BCUT2D eigenvalue weighted by Crippen LogP contribution is -2.53. The zero-order valence-corrected chi connectivity index (χ0v) is 18.8. The highest BCUT2D eigenvalue weighted by atomic mass is 16.2. The number of carbonyl (C=O) groups is 2. The largest absolute Gasteiger partial charge is 0.347 e. The minimum Gasteiger partial charge on any atom is -0.347 e. The molecule has 0 aliphatic heterocycles. The molecule has 1 rings (SSSR count). The lowest BCUT2D eigenvalue weighted by molar-refractivity contribution is 0.0894. The van der Waals surface area contributed by atoms with Crippen LogP contribution in [0.25, 0.3) is 0 Å². The molecule has 0 saturated carbocycles. The molecule has 4 heteroatoms. The van der Waals surface area contributed by atoms with E-state index in [2.05, 4.69) is 52.2 Å². The van der Waals surface area contributed by atoms with Gasteiger partial charge in [0.2, 0.25) is 0 Å². The summed E-state index contributed by atoms with van der Waals surface area (Å²) in [5.41, 5.74) is 0.653. The Balaban J connectivity index is 0.00000210. The predicted molar refractivity (Wildman–Crippen MR) is 116 cm³/mol. The molecule has 0 aromatic heterocycles. The lowest BCUT2D eigenvalue weighted by Gasteiger charge is -2.37. The summed E-state index contributed by atoms with van der Waals surface area (Å²) in [6.07, 6.45) is 2.48. The molecule has 27 heavy (non-hydrogen) atoms. The Morgan fingerprint density at radius 1 is 0.963 bits per heavy atom. The summed E-state index contributed by atoms with van der Waals surface area (Å²) in [5.74, 6) is -0.0997. The van der Waals surface area contributed by atoms with Crippen molar-refractivity contribution in [2.24, 2.45) is 0 Å². The molecule has 0 fully saturated rings. The average molecular weight is 377 g/mol. The average Bonchev–Trinajstić information content (AvgIpc) is 2.52. The molecule has 0 spiro atoms. The zero-order chi connectivity index (χ0) is 21.3. The normalized spacial score (nSPS) is 11.6. The fraction of sp³-hybridized carbons (Fsp3) is 0.652. The quantitative estimate of drug-likeness (QED) is 0.600. The summed E-state index contributed by atoms with van der Waals surface area (Å²) in [4.78, 5) is 24.4. The van der Waals surface area contributed by atoms with Crippen molar-refractivity contribution in [1.29, 1.82) is 0 Å². The molecule has 0 aliphatic carbocycles. The molecule has 0 radical (unpaired) electrons. The van der Waals surface area contributed by atoms with Gasteiger partial charge in [-0.3, -0.25) is 9.59 Å². The summed E-state index contributed by atoms with van der Waals surface area (Å²) in [6, 6.07) is 7.31. The van der Waals surface area contributed by atoms with Gasteiger partial charge in [0.25, 0.3) is 5.91 Å². The van der Waals surface area contributed by atoms with E-state index in [0.29, 0.717) is 23.6 Å². The topological polar surface area (TPSA) is 58.2 Å². The van der Waals surface area contributed by atoms with Gasteiger partial charge in [-0.25, -0.2) is 0 Å². The molecule has 0 atom stereocenters. The Bertz CT molecular complexity index is 604. The Kier molecular flexibility index (Phi) is 10.5. The third-order valence-electron chi connectivity index (χ3n) is 3.78. The van der Waals surface area contributed by atoms with Gasteiger partial charge in [0, 0.05) is 34.7 Å². The number of amides is 1. The molecule has 4 nitrogen and oxygen atoms in total. The molecule has 154 valence electrons. The standard InChI is InChI=1S/C20H32N2O2.C3H8/c1-8-17(23)15-10-9-11-16(12-15)18(24)22-20(6,7)13-19(4,5)21-14(2)3;1-3-2/h9-12,14,21H,8,13H2,1-7H3,(H,22,24);3H2,1-2H3. The smallest absolute Gasteiger partial charge is 0.251 e. The van der Waals surface area contributed by atoms with Crippen molar-refractivity contribution in [3.8, 4) is 0 Å². The number of hydrogen-bond acceptors (Lipinski definition) is 3. The van der Waals surface area contributed by atoms with Gasteiger partial charge in [0.15, 0.2) is 5.78 Å². The van der Waals surface area contributed by atoms with Crippen LogP contribution in [0.1, 0.15) is 102 Å². The van der Waals surface area contributed by atoms with Gasteiger partial charge in [-0.15, -0.1) is 0 Å². The van der Waals surface area contributed by atoms with Crippen LogP contribution in [0.4, 0.5) is 0 Å². The summed E-state index contributed by atoms with van der Waals surface area (Å²) in [7, 11) is 0. The van der Waals surface area contributed by atoms with E-state index in [1.54, 1.807) is 24.3 Å². The Labute approximate surface area is 166 Å². The third kappa shape index (κ3) is 10.3. The molecule has 2 N–H and O–H groups in total. The Hall–Kier alpha value is -1.68. The fourth-order valence-corrected chi connectivity index (χ4v) is 3.40. The molecule has 0 saturated heterocycles. The molecular weight excluding hydrogens is 336 g/mol. The number of nitrogens with one attached hydrogen (secondary N) is 2. The van der Waals surface area contributed by atoms with Crippen molar-refractivity contribution < 1.29 is 9.59 Å². The van der Waals surface area contributed by atoms with Crippen LogP contribution in [0, 0.1) is 0 Å². The van der Waals surface area contributed by atoms with E-state index in [4.69, 9.17) is 0 Å². The van der Waals surface area contributed by atoms with Crippen LogP contribution in [0.3, 0.4) is 0 Å². The monoisotopic (exact) mass is 376 g/mol. The van der Waals surface area contributed by atoms with E-state index < -0.39 is 0 Å². The highest BCUT2D eigenvalue weighted by Crippen LogP contribution is 2.21. The number of ketones is 1. The Morgan fingerprint density at radius 3 is 1.96 bits per heavy atom. The molecule has 1 aromatic carbocycles. The molecule has 1 aromatic rings. The first-order chi connectivity index (χ1) is 12.4. The van der Waals surface area contributed by atoms with Crippen molar-refractivity contribution in [3.63, 3.8) is 0 Å². The first-order valence-electron chi connectivity index (χ1n) is 10.1. The minimum atomic E-state index is -0.368. The SMILES string of the molecule is CCC.CCC(=O)c1cccc(C(=O)NC(C)(C)CC(C)(C)NC(C)C)c1. The van der Waals surface area contributed by atoms with E-state index in [1.165, 1.54) is 6.42 Å². The molecular formula is C23H40N2O2. The van der Waals surface area contributed by atoms with Gasteiger partial charge in [0.05, 0.1) is 0 Å². The van der Waals surface area contributed by atoms with Crippen molar-refractivity contribution in [1.82, 2.24) is 10.6 Å². The summed E-state index contributed by atoms with van der Waals surface area (Å²) in [6.45, 7) is 18.6. The van der Waals surface area contributed by atoms with E-state index in [9.17, 15) is 9.59 Å². The predicted octanol–water partition coefficient (Wildman–Crippen LogP) is 5.37. The van der Waals surface area contributed by atoms with Crippen molar-refractivity contribution in [3.05, 3.63) is 35.4 Å². The van der Waals surface area contributed by atoms with Crippen LogP contribution in [-0.2, 0) is 0 Å². The first-order valence-corrected chi connectivity index (χ1v) is 10.1. The summed E-state index contributed by atoms with van der Waals surface area (Å²) >= 11 is 0. The number of benzene rings is 1. The molecule has 0 heterocycles. The van der Waals surface area contributed by atoms with Gasteiger partial charge >= 0.3 is 0 Å². The second kappa shape index (κ2) is 11.2. The maximum atomic E-state index is 12.6. The highest BCUT2D eigenvalue weighted by Gasteiger charge is 2.30. The first kappa shape index (κ1) is 25.3. The second-order valence-electron chi connectivity index (χ2n) is 8.76. The molecule has 0 bridgehead atoms. The summed E-state index contributed by atoms with van der Waals surface area (Å²) in [5, 5.41) is 6.62. The second-order valence-corrected chi connectivity index (χ2v) is 8.76. The maximum absolute atomic E-state index is 12.6. The highest BCUT2D eigenvalue weighted by molar-refractivity contribution is 6.00. The zero-order valence-electron chi connectivity index (χ0n) is 18.8. The number of Topliss-reactive ketones (excluding diaryl/α,β-unsaturated/α-hetero) is 1. The third-order valence-corrected chi connectivity index (χ3v) is 3.78.